The van der Waals surface area contributed by atoms with Crippen LogP contribution in [0.15, 0.2) is 42.5 Å². The standard InChI is InChI=1S/C17H20N4S2/c1-11-8-9-14(10-13(11)3)18-16(22)20-21-17(23)19-15-7-5-4-6-12(15)2/h4-10H,1-3H3,(H2,18,20,22)(H2,19,21,23). The predicted molar refractivity (Wildman–Crippen MR) is 106 cm³/mol. The number of thiocarbonyl (C=S) groups is 2. The molecule has 0 aliphatic heterocycles. The van der Waals surface area contributed by atoms with Crippen molar-refractivity contribution >= 4 is 46.0 Å². The Bertz CT molecular complexity index is 728. The number of para-hydroxylation sites is 1. The monoisotopic (exact) mass is 344 g/mol. The number of nitrogens with one attached hydrogen (secondary N) is 4. The summed E-state index contributed by atoms with van der Waals surface area (Å²) in [6.07, 6.45) is 0. The van der Waals surface area contributed by atoms with E-state index in [0.29, 0.717) is 10.2 Å². The van der Waals surface area contributed by atoms with Gasteiger partial charge >= 0.3 is 0 Å². The topological polar surface area (TPSA) is 48.1 Å². The summed E-state index contributed by atoms with van der Waals surface area (Å²) in [7, 11) is 0. The van der Waals surface area contributed by atoms with Crippen molar-refractivity contribution < 1.29 is 0 Å². The highest BCUT2D eigenvalue weighted by molar-refractivity contribution is 7.81. The second-order valence-electron chi connectivity index (χ2n) is 5.27. The molecule has 0 atom stereocenters. The highest BCUT2D eigenvalue weighted by atomic mass is 32.1. The van der Waals surface area contributed by atoms with Crippen LogP contribution in [0.5, 0.6) is 0 Å². The molecule has 0 saturated carbocycles. The average Bonchev–Trinajstić information content (AvgIpc) is 2.51. The molecule has 2 aromatic carbocycles. The number of benzene rings is 2. The molecule has 0 fully saturated rings. The summed E-state index contributed by atoms with van der Waals surface area (Å²) in [5.74, 6) is 0. The Morgan fingerprint density at radius 3 is 2.04 bits per heavy atom. The zero-order valence-corrected chi connectivity index (χ0v) is 15.0. The molecule has 4 N–H and O–H groups in total. The van der Waals surface area contributed by atoms with Crippen molar-refractivity contribution in [1.29, 1.82) is 0 Å². The normalized spacial score (nSPS) is 9.87. The first-order valence-electron chi connectivity index (χ1n) is 7.22. The van der Waals surface area contributed by atoms with Gasteiger partial charge in [0, 0.05) is 11.4 Å². The van der Waals surface area contributed by atoms with Crippen molar-refractivity contribution in [2.45, 2.75) is 20.8 Å². The van der Waals surface area contributed by atoms with Crippen LogP contribution in [0.4, 0.5) is 11.4 Å². The molecule has 120 valence electrons. The molecule has 0 bridgehead atoms. The molecular weight excluding hydrogens is 324 g/mol. The first-order chi connectivity index (χ1) is 11.0. The first kappa shape index (κ1) is 17.2. The molecule has 23 heavy (non-hydrogen) atoms. The van der Waals surface area contributed by atoms with Gasteiger partial charge < -0.3 is 10.6 Å². The third-order valence-corrected chi connectivity index (χ3v) is 3.86. The number of anilines is 2. The Morgan fingerprint density at radius 1 is 0.739 bits per heavy atom. The molecule has 0 radical (unpaired) electrons. The molecule has 2 aromatic rings. The SMILES string of the molecule is Cc1ccc(NC(=S)NNC(=S)Nc2ccccc2C)cc1C. The maximum atomic E-state index is 5.25. The summed E-state index contributed by atoms with van der Waals surface area (Å²) in [6, 6.07) is 14.0. The van der Waals surface area contributed by atoms with Gasteiger partial charge in [-0.05, 0) is 80.1 Å². The van der Waals surface area contributed by atoms with Gasteiger partial charge in [-0.15, -0.1) is 0 Å². The minimum Gasteiger partial charge on any atom is -0.331 e. The molecule has 0 amide bonds. The van der Waals surface area contributed by atoms with E-state index < -0.39 is 0 Å². The van der Waals surface area contributed by atoms with Gasteiger partial charge in [-0.2, -0.15) is 0 Å². The number of rotatable bonds is 2. The quantitative estimate of drug-likeness (QED) is 0.491. The molecule has 0 spiro atoms. The molecular formula is C17H20N4S2. The molecule has 0 aliphatic rings. The fourth-order valence-corrected chi connectivity index (χ4v) is 2.29. The van der Waals surface area contributed by atoms with Gasteiger partial charge in [0.15, 0.2) is 10.2 Å². The van der Waals surface area contributed by atoms with Crippen molar-refractivity contribution in [3.63, 3.8) is 0 Å². The van der Waals surface area contributed by atoms with Gasteiger partial charge in [0.05, 0.1) is 0 Å². The molecule has 2 rings (SSSR count). The number of aryl methyl sites for hydroxylation is 3. The molecule has 4 nitrogen and oxygen atoms in total. The Kier molecular flexibility index (Phi) is 5.90. The minimum atomic E-state index is 0.446. The Labute approximate surface area is 147 Å². The Hall–Kier alpha value is -2.18. The average molecular weight is 345 g/mol. The van der Waals surface area contributed by atoms with E-state index in [1.54, 1.807) is 0 Å². The molecule has 0 heterocycles. The maximum absolute atomic E-state index is 5.25. The van der Waals surface area contributed by atoms with Crippen LogP contribution in [0.3, 0.4) is 0 Å². The fraction of sp³-hybridized carbons (Fsp3) is 0.176. The number of hydrogen-bond donors (Lipinski definition) is 4. The molecule has 6 heteroatoms. The summed E-state index contributed by atoms with van der Waals surface area (Å²) < 4.78 is 0. The van der Waals surface area contributed by atoms with Crippen LogP contribution in [-0.4, -0.2) is 10.2 Å². The van der Waals surface area contributed by atoms with Crippen LogP contribution in [0.1, 0.15) is 16.7 Å². The number of hydrogen-bond acceptors (Lipinski definition) is 2. The first-order valence-corrected chi connectivity index (χ1v) is 8.04. The summed E-state index contributed by atoms with van der Waals surface area (Å²) in [5, 5.41) is 7.12. The zero-order chi connectivity index (χ0) is 16.8. The third kappa shape index (κ3) is 5.19. The molecule has 0 aliphatic carbocycles. The van der Waals surface area contributed by atoms with Crippen molar-refractivity contribution in [1.82, 2.24) is 10.9 Å². The van der Waals surface area contributed by atoms with Crippen LogP contribution in [0.2, 0.25) is 0 Å². The summed E-state index contributed by atoms with van der Waals surface area (Å²) in [6.45, 7) is 6.16. The third-order valence-electron chi connectivity index (χ3n) is 3.45. The van der Waals surface area contributed by atoms with Crippen molar-refractivity contribution in [2.75, 3.05) is 10.6 Å². The fourth-order valence-electron chi connectivity index (χ4n) is 1.96. The van der Waals surface area contributed by atoms with Crippen molar-refractivity contribution in [2.24, 2.45) is 0 Å². The van der Waals surface area contributed by atoms with E-state index in [1.807, 2.05) is 43.3 Å². The van der Waals surface area contributed by atoms with Gasteiger partial charge in [-0.3, -0.25) is 10.9 Å². The molecule has 0 saturated heterocycles. The van der Waals surface area contributed by atoms with Crippen LogP contribution in [-0.2, 0) is 0 Å². The minimum absolute atomic E-state index is 0.446. The lowest BCUT2D eigenvalue weighted by Crippen LogP contribution is -2.45. The zero-order valence-electron chi connectivity index (χ0n) is 13.4. The second kappa shape index (κ2) is 7.89. The van der Waals surface area contributed by atoms with E-state index in [1.165, 1.54) is 11.1 Å². The van der Waals surface area contributed by atoms with Crippen LogP contribution in [0.25, 0.3) is 0 Å². The Morgan fingerprint density at radius 2 is 1.39 bits per heavy atom. The molecule has 0 unspecified atom stereocenters. The van der Waals surface area contributed by atoms with E-state index in [0.717, 1.165) is 16.9 Å². The van der Waals surface area contributed by atoms with Crippen LogP contribution < -0.4 is 21.5 Å². The number of hydrazine groups is 1. The maximum Gasteiger partial charge on any atom is 0.189 e. The Balaban J connectivity index is 1.83. The van der Waals surface area contributed by atoms with Gasteiger partial charge in [0.1, 0.15) is 0 Å². The lowest BCUT2D eigenvalue weighted by molar-refractivity contribution is 0.885. The van der Waals surface area contributed by atoms with E-state index in [2.05, 4.69) is 41.4 Å². The van der Waals surface area contributed by atoms with Crippen molar-refractivity contribution in [3.05, 3.63) is 59.2 Å². The highest BCUT2D eigenvalue weighted by Crippen LogP contribution is 2.14. The van der Waals surface area contributed by atoms with Crippen LogP contribution in [0, 0.1) is 20.8 Å². The van der Waals surface area contributed by atoms with Crippen LogP contribution >= 0.6 is 24.4 Å². The van der Waals surface area contributed by atoms with Gasteiger partial charge in [-0.1, -0.05) is 24.3 Å². The van der Waals surface area contributed by atoms with Gasteiger partial charge in [0.25, 0.3) is 0 Å². The van der Waals surface area contributed by atoms with E-state index >= 15 is 0 Å². The summed E-state index contributed by atoms with van der Waals surface area (Å²) >= 11 is 10.5. The van der Waals surface area contributed by atoms with E-state index in [4.69, 9.17) is 24.4 Å². The summed E-state index contributed by atoms with van der Waals surface area (Å²) in [5.41, 5.74) is 11.2. The predicted octanol–water partition coefficient (Wildman–Crippen LogP) is 3.80. The van der Waals surface area contributed by atoms with E-state index in [-0.39, 0.29) is 0 Å². The molecule has 0 aromatic heterocycles. The van der Waals surface area contributed by atoms with Crippen molar-refractivity contribution in [3.8, 4) is 0 Å². The van der Waals surface area contributed by atoms with Gasteiger partial charge in [0.2, 0.25) is 0 Å². The van der Waals surface area contributed by atoms with E-state index in [9.17, 15) is 0 Å². The largest absolute Gasteiger partial charge is 0.331 e. The smallest absolute Gasteiger partial charge is 0.189 e. The summed E-state index contributed by atoms with van der Waals surface area (Å²) in [4.78, 5) is 0. The second-order valence-corrected chi connectivity index (χ2v) is 6.09. The lowest BCUT2D eigenvalue weighted by Gasteiger charge is -2.15. The highest BCUT2D eigenvalue weighted by Gasteiger charge is 2.02. The lowest BCUT2D eigenvalue weighted by atomic mass is 10.1. The van der Waals surface area contributed by atoms with Gasteiger partial charge in [-0.25, -0.2) is 0 Å².